The molecule has 1 atom stereocenters. The van der Waals surface area contributed by atoms with Crippen LogP contribution in [0, 0.1) is 6.92 Å². The van der Waals surface area contributed by atoms with Crippen molar-refractivity contribution in [3.05, 3.63) is 59.7 Å². The van der Waals surface area contributed by atoms with Gasteiger partial charge >= 0.3 is 0 Å². The third-order valence-electron chi connectivity index (χ3n) is 3.79. The van der Waals surface area contributed by atoms with Crippen molar-refractivity contribution in [2.45, 2.75) is 32.7 Å². The molecule has 0 spiro atoms. The second-order valence-electron chi connectivity index (χ2n) is 5.80. The lowest BCUT2D eigenvalue weighted by atomic mass is 10.0. The average molecular weight is 327 g/mol. The maximum atomic E-state index is 12.1. The molecule has 0 heterocycles. The highest BCUT2D eigenvalue weighted by molar-refractivity contribution is 5.76. The Labute approximate surface area is 143 Å². The molecule has 0 saturated heterocycles. The minimum absolute atomic E-state index is 0.0164. The zero-order valence-corrected chi connectivity index (χ0v) is 14.5. The van der Waals surface area contributed by atoms with Crippen LogP contribution in [-0.2, 0) is 4.79 Å². The predicted octanol–water partition coefficient (Wildman–Crippen LogP) is 4.04. The van der Waals surface area contributed by atoms with Gasteiger partial charge in [-0.15, -0.1) is 0 Å². The number of benzene rings is 2. The minimum Gasteiger partial charge on any atom is -0.496 e. The molecule has 1 amide bonds. The van der Waals surface area contributed by atoms with E-state index in [2.05, 4.69) is 5.32 Å². The van der Waals surface area contributed by atoms with Crippen LogP contribution in [0.4, 0.5) is 0 Å². The summed E-state index contributed by atoms with van der Waals surface area (Å²) >= 11 is 0. The third-order valence-corrected chi connectivity index (χ3v) is 3.79. The van der Waals surface area contributed by atoms with Crippen LogP contribution in [0.1, 0.15) is 36.9 Å². The molecular formula is C20H25NO3. The first-order valence-corrected chi connectivity index (χ1v) is 8.22. The third kappa shape index (κ3) is 5.30. The first-order valence-electron chi connectivity index (χ1n) is 8.22. The Hall–Kier alpha value is -2.49. The van der Waals surface area contributed by atoms with Crippen LogP contribution in [0.2, 0.25) is 0 Å². The number of methoxy groups -OCH3 is 1. The lowest BCUT2D eigenvalue weighted by molar-refractivity contribution is -0.121. The number of carbonyl (C=O) groups is 1. The number of hydrogen-bond donors (Lipinski definition) is 1. The van der Waals surface area contributed by atoms with Crippen LogP contribution < -0.4 is 14.8 Å². The van der Waals surface area contributed by atoms with E-state index >= 15 is 0 Å². The molecule has 0 aliphatic heterocycles. The molecule has 0 fully saturated rings. The van der Waals surface area contributed by atoms with Gasteiger partial charge in [-0.25, -0.2) is 0 Å². The van der Waals surface area contributed by atoms with Crippen molar-refractivity contribution in [1.82, 2.24) is 5.32 Å². The smallest absolute Gasteiger partial charge is 0.220 e. The van der Waals surface area contributed by atoms with Crippen molar-refractivity contribution in [3.63, 3.8) is 0 Å². The summed E-state index contributed by atoms with van der Waals surface area (Å²) < 4.78 is 11.0. The molecule has 2 rings (SSSR count). The summed E-state index contributed by atoms with van der Waals surface area (Å²) in [6, 6.07) is 15.5. The molecule has 128 valence electrons. The van der Waals surface area contributed by atoms with Crippen molar-refractivity contribution >= 4 is 5.91 Å². The van der Waals surface area contributed by atoms with Crippen molar-refractivity contribution in [2.24, 2.45) is 0 Å². The second kappa shape index (κ2) is 8.96. The van der Waals surface area contributed by atoms with Crippen molar-refractivity contribution in [3.8, 4) is 11.5 Å². The first-order chi connectivity index (χ1) is 11.6. The van der Waals surface area contributed by atoms with Gasteiger partial charge in [-0.1, -0.05) is 35.9 Å². The Morgan fingerprint density at radius 1 is 1.17 bits per heavy atom. The van der Waals surface area contributed by atoms with E-state index in [1.165, 1.54) is 0 Å². The predicted molar refractivity (Wildman–Crippen MR) is 95.5 cm³/mol. The standard InChI is InChI=1S/C20H25NO3/c1-15-11-12-19(23-3)18(14-15)16(2)21-20(22)10-7-13-24-17-8-5-4-6-9-17/h4-6,8-9,11-12,14,16H,7,10,13H2,1-3H3,(H,21,22)/t16-/m0/s1. The van der Waals surface area contributed by atoms with E-state index in [4.69, 9.17) is 9.47 Å². The molecule has 2 aromatic rings. The van der Waals surface area contributed by atoms with E-state index in [1.54, 1.807) is 7.11 Å². The fourth-order valence-electron chi connectivity index (χ4n) is 2.52. The Kier molecular flexibility index (Phi) is 6.67. The van der Waals surface area contributed by atoms with Crippen molar-refractivity contribution in [1.29, 1.82) is 0 Å². The Morgan fingerprint density at radius 3 is 2.62 bits per heavy atom. The molecule has 0 radical (unpaired) electrons. The van der Waals surface area contributed by atoms with Crippen LogP contribution in [0.25, 0.3) is 0 Å². The van der Waals surface area contributed by atoms with Gasteiger partial charge in [-0.3, -0.25) is 4.79 Å². The van der Waals surface area contributed by atoms with Crippen LogP contribution in [0.3, 0.4) is 0 Å². The molecule has 0 aliphatic rings. The van der Waals surface area contributed by atoms with E-state index in [1.807, 2.05) is 62.4 Å². The lowest BCUT2D eigenvalue weighted by Gasteiger charge is -2.18. The maximum Gasteiger partial charge on any atom is 0.220 e. The van der Waals surface area contributed by atoms with Gasteiger partial charge < -0.3 is 14.8 Å². The van der Waals surface area contributed by atoms with Crippen LogP contribution >= 0.6 is 0 Å². The van der Waals surface area contributed by atoms with Gasteiger partial charge in [0.05, 0.1) is 19.8 Å². The molecule has 0 bridgehead atoms. The highest BCUT2D eigenvalue weighted by Gasteiger charge is 2.14. The topological polar surface area (TPSA) is 47.6 Å². The summed E-state index contributed by atoms with van der Waals surface area (Å²) in [5.74, 6) is 1.64. The Morgan fingerprint density at radius 2 is 1.92 bits per heavy atom. The van der Waals surface area contributed by atoms with Gasteiger partial charge in [0.15, 0.2) is 0 Å². The molecule has 2 aromatic carbocycles. The van der Waals surface area contributed by atoms with Gasteiger partial charge in [0.25, 0.3) is 0 Å². The molecule has 1 N–H and O–H groups in total. The summed E-state index contributed by atoms with van der Waals surface area (Å²) in [5.41, 5.74) is 2.13. The fourth-order valence-corrected chi connectivity index (χ4v) is 2.52. The summed E-state index contributed by atoms with van der Waals surface area (Å²) in [6.45, 7) is 4.52. The molecule has 0 aliphatic carbocycles. The molecule has 0 unspecified atom stereocenters. The van der Waals surface area contributed by atoms with Gasteiger partial charge in [-0.2, -0.15) is 0 Å². The van der Waals surface area contributed by atoms with E-state index in [9.17, 15) is 4.79 Å². The van der Waals surface area contributed by atoms with Crippen molar-refractivity contribution in [2.75, 3.05) is 13.7 Å². The molecule has 4 heteroatoms. The molecule has 0 saturated carbocycles. The summed E-state index contributed by atoms with van der Waals surface area (Å²) in [7, 11) is 1.64. The lowest BCUT2D eigenvalue weighted by Crippen LogP contribution is -2.27. The highest BCUT2D eigenvalue weighted by Crippen LogP contribution is 2.26. The Bertz CT molecular complexity index is 655. The largest absolute Gasteiger partial charge is 0.496 e. The van der Waals surface area contributed by atoms with Crippen LogP contribution in [-0.4, -0.2) is 19.6 Å². The summed E-state index contributed by atoms with van der Waals surface area (Å²) in [5, 5.41) is 3.02. The number of aryl methyl sites for hydroxylation is 1. The number of hydrogen-bond acceptors (Lipinski definition) is 3. The number of nitrogens with one attached hydrogen (secondary N) is 1. The fraction of sp³-hybridized carbons (Fsp3) is 0.350. The van der Waals surface area contributed by atoms with Crippen molar-refractivity contribution < 1.29 is 14.3 Å². The monoisotopic (exact) mass is 327 g/mol. The molecule has 24 heavy (non-hydrogen) atoms. The zero-order valence-electron chi connectivity index (χ0n) is 14.5. The SMILES string of the molecule is COc1ccc(C)cc1[C@H](C)NC(=O)CCCOc1ccccc1. The Balaban J connectivity index is 1.78. The van der Waals surface area contributed by atoms with Crippen LogP contribution in [0.15, 0.2) is 48.5 Å². The van der Waals surface area contributed by atoms with Gasteiger partial charge in [-0.05, 0) is 38.5 Å². The molecule has 4 nitrogen and oxygen atoms in total. The van der Waals surface area contributed by atoms with E-state index in [0.29, 0.717) is 19.4 Å². The van der Waals surface area contributed by atoms with Gasteiger partial charge in [0.2, 0.25) is 5.91 Å². The van der Waals surface area contributed by atoms with E-state index in [-0.39, 0.29) is 11.9 Å². The number of rotatable bonds is 8. The minimum atomic E-state index is -0.0950. The number of ether oxygens (including phenoxy) is 2. The maximum absolute atomic E-state index is 12.1. The van der Waals surface area contributed by atoms with Crippen LogP contribution in [0.5, 0.6) is 11.5 Å². The van der Waals surface area contributed by atoms with Gasteiger partial charge in [0, 0.05) is 12.0 Å². The average Bonchev–Trinajstić information content (AvgIpc) is 2.59. The first kappa shape index (κ1) is 17.9. The molecule has 0 aromatic heterocycles. The quantitative estimate of drug-likeness (QED) is 0.744. The zero-order chi connectivity index (χ0) is 17.4. The molecular weight excluding hydrogens is 302 g/mol. The van der Waals surface area contributed by atoms with E-state index < -0.39 is 0 Å². The second-order valence-corrected chi connectivity index (χ2v) is 5.80. The highest BCUT2D eigenvalue weighted by atomic mass is 16.5. The number of para-hydroxylation sites is 1. The van der Waals surface area contributed by atoms with E-state index in [0.717, 1.165) is 22.6 Å². The number of amides is 1. The summed E-state index contributed by atoms with van der Waals surface area (Å²) in [4.78, 5) is 12.1. The summed E-state index contributed by atoms with van der Waals surface area (Å²) in [6.07, 6.45) is 1.11. The normalized spacial score (nSPS) is 11.6. The van der Waals surface area contributed by atoms with Gasteiger partial charge in [0.1, 0.15) is 11.5 Å². The number of carbonyl (C=O) groups excluding carboxylic acids is 1.